The Morgan fingerprint density at radius 2 is 1.92 bits per heavy atom. The minimum Gasteiger partial charge on any atom is -0.465 e. The molecule has 1 unspecified atom stereocenters. The number of nitrogens with zero attached hydrogens (tertiary/aromatic N) is 2. The van der Waals surface area contributed by atoms with Crippen molar-refractivity contribution in [2.45, 2.75) is 12.8 Å². The molecular formula is C17H21N3O4. The van der Waals surface area contributed by atoms with Crippen molar-refractivity contribution < 1.29 is 19.9 Å². The zero-order valence-corrected chi connectivity index (χ0v) is 13.3. The molecule has 0 aliphatic carbocycles. The second kappa shape index (κ2) is 6.52. The first-order valence-corrected chi connectivity index (χ1v) is 7.97. The molecule has 7 heteroatoms. The lowest BCUT2D eigenvalue weighted by molar-refractivity contribution is -0.124. The van der Waals surface area contributed by atoms with Crippen LogP contribution in [0.4, 0.5) is 10.5 Å². The molecule has 2 saturated heterocycles. The Labute approximate surface area is 140 Å². The van der Waals surface area contributed by atoms with Gasteiger partial charge in [0, 0.05) is 43.4 Å². The van der Waals surface area contributed by atoms with Gasteiger partial charge in [0.15, 0.2) is 0 Å². The van der Waals surface area contributed by atoms with Gasteiger partial charge in [-0.15, -0.1) is 0 Å². The van der Waals surface area contributed by atoms with Gasteiger partial charge in [0.05, 0.1) is 0 Å². The van der Waals surface area contributed by atoms with Crippen molar-refractivity contribution in [1.29, 1.82) is 0 Å². The first-order chi connectivity index (χ1) is 11.5. The topological polar surface area (TPSA) is 93.1 Å². The fourth-order valence-corrected chi connectivity index (χ4v) is 3.69. The Balaban J connectivity index is 1.76. The molecule has 2 heterocycles. The average Bonchev–Trinajstić information content (AvgIpc) is 3.20. The lowest BCUT2D eigenvalue weighted by atomic mass is 9.86. The van der Waals surface area contributed by atoms with Gasteiger partial charge in [-0.2, -0.15) is 0 Å². The predicted octanol–water partition coefficient (Wildman–Crippen LogP) is 1.79. The van der Waals surface area contributed by atoms with Crippen LogP contribution >= 0.6 is 0 Å². The summed E-state index contributed by atoms with van der Waals surface area (Å²) in [4.78, 5) is 26.1. The summed E-state index contributed by atoms with van der Waals surface area (Å²) in [5.74, 6) is -0.574. The van der Waals surface area contributed by atoms with Gasteiger partial charge in [-0.05, 0) is 30.5 Å². The van der Waals surface area contributed by atoms with Crippen LogP contribution in [0.25, 0.3) is 6.08 Å². The molecule has 2 fully saturated rings. The number of carbonyl (C=O) groups is 2. The number of carboxylic acid groups (broad SMARTS) is 1. The first-order valence-electron chi connectivity index (χ1n) is 7.97. The van der Waals surface area contributed by atoms with E-state index in [2.05, 4.69) is 4.90 Å². The van der Waals surface area contributed by atoms with Crippen LogP contribution in [0, 0.1) is 5.41 Å². The summed E-state index contributed by atoms with van der Waals surface area (Å²) in [7, 11) is 0. The average molecular weight is 331 g/mol. The van der Waals surface area contributed by atoms with Gasteiger partial charge in [0.2, 0.25) is 0 Å². The van der Waals surface area contributed by atoms with Crippen LogP contribution in [-0.4, -0.2) is 53.4 Å². The predicted molar refractivity (Wildman–Crippen MR) is 88.9 cm³/mol. The molecule has 1 aromatic carbocycles. The van der Waals surface area contributed by atoms with E-state index < -0.39 is 12.0 Å². The minimum atomic E-state index is -0.844. The summed E-state index contributed by atoms with van der Waals surface area (Å²) in [5.41, 5.74) is 3.52. The molecule has 1 aromatic rings. The molecule has 0 aromatic heterocycles. The number of amides is 2. The second-order valence-corrected chi connectivity index (χ2v) is 6.49. The third-order valence-corrected chi connectivity index (χ3v) is 4.95. The van der Waals surface area contributed by atoms with E-state index in [1.54, 1.807) is 11.6 Å². The van der Waals surface area contributed by atoms with E-state index >= 15 is 0 Å². The van der Waals surface area contributed by atoms with Crippen molar-refractivity contribution in [2.75, 3.05) is 31.1 Å². The number of hydrogen-bond donors (Lipinski definition) is 3. The summed E-state index contributed by atoms with van der Waals surface area (Å²) >= 11 is 0. The molecule has 3 N–H and O–H groups in total. The van der Waals surface area contributed by atoms with Gasteiger partial charge in [0.1, 0.15) is 0 Å². The summed E-state index contributed by atoms with van der Waals surface area (Å²) in [6, 6.07) is 7.76. The van der Waals surface area contributed by atoms with Gasteiger partial charge in [-0.1, -0.05) is 18.2 Å². The molecule has 7 nitrogen and oxygen atoms in total. The van der Waals surface area contributed by atoms with Gasteiger partial charge in [-0.3, -0.25) is 10.0 Å². The van der Waals surface area contributed by atoms with Crippen molar-refractivity contribution in [1.82, 2.24) is 10.4 Å². The highest BCUT2D eigenvalue weighted by molar-refractivity contribution is 5.91. The second-order valence-electron chi connectivity index (χ2n) is 6.49. The summed E-state index contributed by atoms with van der Waals surface area (Å²) in [6.07, 6.45) is 3.96. The van der Waals surface area contributed by atoms with E-state index in [9.17, 15) is 14.7 Å². The smallest absolute Gasteiger partial charge is 0.407 e. The van der Waals surface area contributed by atoms with Crippen LogP contribution in [0.1, 0.15) is 18.4 Å². The number of para-hydroxylation sites is 1. The summed E-state index contributed by atoms with van der Waals surface area (Å²) < 4.78 is 0. The molecule has 1 spiro atoms. The molecule has 128 valence electrons. The maximum atomic E-state index is 11.2. The molecule has 0 saturated carbocycles. The Morgan fingerprint density at radius 3 is 2.62 bits per heavy atom. The van der Waals surface area contributed by atoms with Crippen molar-refractivity contribution in [2.24, 2.45) is 5.41 Å². The maximum Gasteiger partial charge on any atom is 0.407 e. The summed E-state index contributed by atoms with van der Waals surface area (Å²) in [5, 5.41) is 17.8. The van der Waals surface area contributed by atoms with Crippen LogP contribution in [0.5, 0.6) is 0 Å². The first kappa shape index (κ1) is 16.3. The van der Waals surface area contributed by atoms with E-state index in [4.69, 9.17) is 5.21 Å². The van der Waals surface area contributed by atoms with Gasteiger partial charge in [-0.25, -0.2) is 10.3 Å². The van der Waals surface area contributed by atoms with E-state index in [1.165, 1.54) is 11.0 Å². The third-order valence-electron chi connectivity index (χ3n) is 4.95. The number of likely N-dealkylation sites (tertiary alicyclic amines) is 1. The zero-order valence-electron chi connectivity index (χ0n) is 13.3. The zero-order chi connectivity index (χ0) is 17.2. The number of benzene rings is 1. The number of carbonyl (C=O) groups excluding carboxylic acids is 1. The highest BCUT2D eigenvalue weighted by Gasteiger charge is 2.45. The molecule has 2 amide bonds. The Hall–Kier alpha value is -2.54. The third kappa shape index (κ3) is 3.21. The van der Waals surface area contributed by atoms with Gasteiger partial charge >= 0.3 is 6.09 Å². The van der Waals surface area contributed by atoms with Crippen LogP contribution in [0.2, 0.25) is 0 Å². The van der Waals surface area contributed by atoms with E-state index in [0.717, 1.165) is 37.2 Å². The highest BCUT2D eigenvalue weighted by atomic mass is 16.5. The Kier molecular flexibility index (Phi) is 4.44. The van der Waals surface area contributed by atoms with E-state index in [0.29, 0.717) is 13.1 Å². The SMILES string of the molecule is O=C(C=Cc1ccccc1N1CCC2(CCN(C(=O)O)C2)C1)NO. The Bertz CT molecular complexity index is 676. The number of nitrogens with one attached hydrogen (secondary N) is 1. The maximum absolute atomic E-state index is 11.2. The largest absolute Gasteiger partial charge is 0.465 e. The normalized spacial score (nSPS) is 23.4. The number of anilines is 1. The molecule has 24 heavy (non-hydrogen) atoms. The van der Waals surface area contributed by atoms with Crippen molar-refractivity contribution >= 4 is 23.8 Å². The van der Waals surface area contributed by atoms with Gasteiger partial charge < -0.3 is 14.9 Å². The van der Waals surface area contributed by atoms with E-state index in [1.807, 2.05) is 24.3 Å². The van der Waals surface area contributed by atoms with Crippen molar-refractivity contribution in [3.05, 3.63) is 35.9 Å². The van der Waals surface area contributed by atoms with Crippen molar-refractivity contribution in [3.8, 4) is 0 Å². The molecular weight excluding hydrogens is 310 g/mol. The van der Waals surface area contributed by atoms with Crippen LogP contribution in [0.15, 0.2) is 30.3 Å². The van der Waals surface area contributed by atoms with Crippen LogP contribution in [0.3, 0.4) is 0 Å². The monoisotopic (exact) mass is 331 g/mol. The lowest BCUT2D eigenvalue weighted by Crippen LogP contribution is -2.33. The molecule has 2 aliphatic rings. The number of hydrogen-bond acceptors (Lipinski definition) is 4. The number of hydroxylamine groups is 1. The minimum absolute atomic E-state index is 0.0255. The number of rotatable bonds is 3. The fourth-order valence-electron chi connectivity index (χ4n) is 3.69. The fraction of sp³-hybridized carbons (Fsp3) is 0.412. The lowest BCUT2D eigenvalue weighted by Gasteiger charge is -2.26. The van der Waals surface area contributed by atoms with Crippen LogP contribution in [-0.2, 0) is 4.79 Å². The quantitative estimate of drug-likeness (QED) is 0.446. The Morgan fingerprint density at radius 1 is 1.17 bits per heavy atom. The summed E-state index contributed by atoms with van der Waals surface area (Å²) in [6.45, 7) is 2.86. The standard InChI is InChI=1S/C17H21N3O4/c21-15(18-24)6-5-13-3-1-2-4-14(13)19-9-7-17(11-19)8-10-20(12-17)16(22)23/h1-6,24H,7-12H2,(H,18,21)(H,22,23). The molecule has 0 radical (unpaired) electrons. The highest BCUT2D eigenvalue weighted by Crippen LogP contribution is 2.41. The molecule has 3 rings (SSSR count). The molecule has 2 aliphatic heterocycles. The van der Waals surface area contributed by atoms with Crippen LogP contribution < -0.4 is 10.4 Å². The van der Waals surface area contributed by atoms with E-state index in [-0.39, 0.29) is 5.41 Å². The van der Waals surface area contributed by atoms with Gasteiger partial charge in [0.25, 0.3) is 5.91 Å². The van der Waals surface area contributed by atoms with Crippen molar-refractivity contribution in [3.63, 3.8) is 0 Å². The molecule has 0 bridgehead atoms. The molecule has 1 atom stereocenters.